The summed E-state index contributed by atoms with van der Waals surface area (Å²) in [4.78, 5) is 35.9. The Morgan fingerprint density at radius 1 is 1.03 bits per heavy atom. The molecule has 0 heterocycles. The molecule has 0 fully saturated rings. The Morgan fingerprint density at radius 3 is 2.23 bits per heavy atom. The minimum atomic E-state index is -0.626. The second-order valence-corrected chi connectivity index (χ2v) is 6.63. The molecular weight excluding hydrogens is 386 g/mol. The highest BCUT2D eigenvalue weighted by molar-refractivity contribution is 6.01. The van der Waals surface area contributed by atoms with Crippen LogP contribution in [0.5, 0.6) is 5.75 Å². The molecule has 0 atom stereocenters. The number of hydrogen-bond acceptors (Lipinski definition) is 6. The van der Waals surface area contributed by atoms with Gasteiger partial charge in [-0.15, -0.1) is 0 Å². The fourth-order valence-electron chi connectivity index (χ4n) is 2.48. The number of hydrogen-bond donors (Lipinski definition) is 0. The fraction of sp³-hybridized carbons (Fsp3) is 0.435. The van der Waals surface area contributed by atoms with E-state index in [1.165, 1.54) is 13.2 Å². The number of esters is 1. The molecule has 0 aliphatic rings. The maximum absolute atomic E-state index is 11.9. The van der Waals surface area contributed by atoms with E-state index in [-0.39, 0.29) is 13.2 Å². The van der Waals surface area contributed by atoms with Crippen LogP contribution < -0.4 is 4.74 Å². The number of imide groups is 1. The minimum absolute atomic E-state index is 0.254. The van der Waals surface area contributed by atoms with Gasteiger partial charge in [-0.1, -0.05) is 18.7 Å². The Balaban J connectivity index is 2.16. The van der Waals surface area contributed by atoms with E-state index in [0.29, 0.717) is 12.2 Å². The summed E-state index contributed by atoms with van der Waals surface area (Å²) in [5.41, 5.74) is 1.19. The Bertz CT molecular complexity index is 739. The van der Waals surface area contributed by atoms with Crippen molar-refractivity contribution in [3.8, 4) is 5.75 Å². The second-order valence-electron chi connectivity index (χ2n) is 6.63. The summed E-state index contributed by atoms with van der Waals surface area (Å²) in [7, 11) is 1.34. The number of methoxy groups -OCH3 is 1. The van der Waals surface area contributed by atoms with Gasteiger partial charge in [0, 0.05) is 18.2 Å². The molecule has 0 aromatic heterocycles. The van der Waals surface area contributed by atoms with Gasteiger partial charge in [-0.25, -0.2) is 14.5 Å². The Hall–Kier alpha value is -3.09. The molecule has 1 aromatic carbocycles. The number of rotatable bonds is 12. The molecule has 0 saturated heterocycles. The van der Waals surface area contributed by atoms with Gasteiger partial charge in [-0.3, -0.25) is 4.79 Å². The van der Waals surface area contributed by atoms with E-state index in [9.17, 15) is 14.4 Å². The first-order valence-electron chi connectivity index (χ1n) is 10.0. The van der Waals surface area contributed by atoms with Crippen molar-refractivity contribution >= 4 is 24.0 Å². The largest absolute Gasteiger partial charge is 0.494 e. The molecule has 2 amide bonds. The lowest BCUT2D eigenvalue weighted by Crippen LogP contribution is -2.37. The van der Waals surface area contributed by atoms with Crippen LogP contribution in [-0.2, 0) is 19.1 Å². The van der Waals surface area contributed by atoms with Crippen molar-refractivity contribution in [2.75, 3.05) is 26.9 Å². The third kappa shape index (κ3) is 9.41. The summed E-state index contributed by atoms with van der Waals surface area (Å²) in [5.74, 6) is -0.0405. The first kappa shape index (κ1) is 24.9. The number of carbonyl (C=O) groups excluding carboxylic acids is 3. The van der Waals surface area contributed by atoms with Gasteiger partial charge in [0.15, 0.2) is 0 Å². The molecule has 0 aliphatic heterocycles. The highest BCUT2D eigenvalue weighted by Gasteiger charge is 2.21. The first-order chi connectivity index (χ1) is 14.4. The lowest BCUT2D eigenvalue weighted by Gasteiger charge is -2.18. The smallest absolute Gasteiger partial charge is 0.416 e. The molecule has 0 aliphatic carbocycles. The van der Waals surface area contributed by atoms with Gasteiger partial charge in [-0.2, -0.15) is 0 Å². The van der Waals surface area contributed by atoms with Gasteiger partial charge < -0.3 is 14.2 Å². The molecule has 0 N–H and O–H groups in total. The number of likely N-dealkylation sites (N-methyl/N-ethyl adjacent to an activating group) is 1. The summed E-state index contributed by atoms with van der Waals surface area (Å²) in [6, 6.07) is 7.42. The molecule has 7 nitrogen and oxygen atoms in total. The predicted octanol–water partition coefficient (Wildman–Crippen LogP) is 4.37. The highest BCUT2D eigenvalue weighted by atomic mass is 16.6. The van der Waals surface area contributed by atoms with Gasteiger partial charge >= 0.3 is 12.1 Å². The highest BCUT2D eigenvalue weighted by Crippen LogP contribution is 2.14. The van der Waals surface area contributed by atoms with E-state index in [1.807, 2.05) is 24.3 Å². The fourth-order valence-corrected chi connectivity index (χ4v) is 2.48. The number of unbranched alkanes of at least 4 members (excludes halogenated alkanes) is 3. The molecule has 164 valence electrons. The normalized spacial score (nSPS) is 10.5. The van der Waals surface area contributed by atoms with Crippen LogP contribution in [0.15, 0.2) is 42.5 Å². The van der Waals surface area contributed by atoms with E-state index >= 15 is 0 Å². The van der Waals surface area contributed by atoms with Crippen molar-refractivity contribution in [3.63, 3.8) is 0 Å². The van der Waals surface area contributed by atoms with Gasteiger partial charge in [0.25, 0.3) is 5.91 Å². The summed E-state index contributed by atoms with van der Waals surface area (Å²) in [6.45, 7) is 7.96. The standard InChI is InChI=1S/C23H31NO6/c1-5-24(22(26)18(2)3)23(27)30-17-9-7-6-8-16-29-20-13-10-19(11-14-20)12-15-21(25)28-4/h10-15H,2,5-9,16-17H2,1,3-4H3. The second kappa shape index (κ2) is 14.0. The van der Waals surface area contributed by atoms with Crippen molar-refractivity contribution in [1.29, 1.82) is 0 Å². The number of amides is 2. The Morgan fingerprint density at radius 2 is 1.67 bits per heavy atom. The van der Waals surface area contributed by atoms with E-state index in [1.54, 1.807) is 19.9 Å². The van der Waals surface area contributed by atoms with Crippen LogP contribution in [0.4, 0.5) is 4.79 Å². The quantitative estimate of drug-likeness (QED) is 0.285. The maximum atomic E-state index is 11.9. The molecule has 0 bridgehead atoms. The topological polar surface area (TPSA) is 82.1 Å². The number of benzene rings is 1. The van der Waals surface area contributed by atoms with Crippen LogP contribution >= 0.6 is 0 Å². The summed E-state index contributed by atoms with van der Waals surface area (Å²) >= 11 is 0. The van der Waals surface area contributed by atoms with Crippen LogP contribution in [0.25, 0.3) is 6.08 Å². The van der Waals surface area contributed by atoms with Crippen LogP contribution in [-0.4, -0.2) is 49.7 Å². The molecular formula is C23H31NO6. The lowest BCUT2D eigenvalue weighted by atomic mass is 10.2. The van der Waals surface area contributed by atoms with E-state index in [0.717, 1.165) is 41.9 Å². The SMILES string of the molecule is C=C(C)C(=O)N(CC)C(=O)OCCCCCCOc1ccc(C=CC(=O)OC)cc1. The summed E-state index contributed by atoms with van der Waals surface area (Å²) in [5, 5.41) is 0. The van der Waals surface area contributed by atoms with Crippen LogP contribution in [0.3, 0.4) is 0 Å². The zero-order chi connectivity index (χ0) is 22.4. The third-order valence-corrected chi connectivity index (χ3v) is 4.17. The summed E-state index contributed by atoms with van der Waals surface area (Å²) < 4.78 is 15.4. The zero-order valence-corrected chi connectivity index (χ0v) is 18.0. The minimum Gasteiger partial charge on any atom is -0.494 e. The molecule has 0 spiro atoms. The first-order valence-corrected chi connectivity index (χ1v) is 10.0. The molecule has 1 rings (SSSR count). The van der Waals surface area contributed by atoms with Crippen LogP contribution in [0.1, 0.15) is 45.1 Å². The van der Waals surface area contributed by atoms with Crippen molar-refractivity contribution < 1.29 is 28.6 Å². The number of carbonyl (C=O) groups is 3. The summed E-state index contributed by atoms with van der Waals surface area (Å²) in [6.07, 6.45) is 5.87. The van der Waals surface area contributed by atoms with Gasteiger partial charge in [0.2, 0.25) is 0 Å². The average molecular weight is 418 g/mol. The van der Waals surface area contributed by atoms with Crippen molar-refractivity contribution in [3.05, 3.63) is 48.1 Å². The zero-order valence-electron chi connectivity index (χ0n) is 18.0. The van der Waals surface area contributed by atoms with Crippen molar-refractivity contribution in [2.24, 2.45) is 0 Å². The molecule has 30 heavy (non-hydrogen) atoms. The monoisotopic (exact) mass is 417 g/mol. The van der Waals surface area contributed by atoms with E-state index in [2.05, 4.69) is 11.3 Å². The van der Waals surface area contributed by atoms with Gasteiger partial charge in [-0.05, 0) is 63.3 Å². The Kier molecular flexibility index (Phi) is 11.6. The van der Waals surface area contributed by atoms with E-state index < -0.39 is 18.0 Å². The van der Waals surface area contributed by atoms with Gasteiger partial charge in [0.05, 0.1) is 20.3 Å². The average Bonchev–Trinajstić information content (AvgIpc) is 2.74. The third-order valence-electron chi connectivity index (χ3n) is 4.17. The number of ether oxygens (including phenoxy) is 3. The lowest BCUT2D eigenvalue weighted by molar-refractivity contribution is -0.134. The van der Waals surface area contributed by atoms with Crippen LogP contribution in [0, 0.1) is 0 Å². The number of nitrogens with zero attached hydrogens (tertiary/aromatic N) is 1. The van der Waals surface area contributed by atoms with E-state index in [4.69, 9.17) is 9.47 Å². The van der Waals surface area contributed by atoms with Crippen LogP contribution in [0.2, 0.25) is 0 Å². The maximum Gasteiger partial charge on any atom is 0.416 e. The molecule has 0 saturated carbocycles. The molecule has 0 radical (unpaired) electrons. The predicted molar refractivity (Wildman–Crippen MR) is 115 cm³/mol. The molecule has 1 aromatic rings. The van der Waals surface area contributed by atoms with Gasteiger partial charge in [0.1, 0.15) is 5.75 Å². The molecule has 7 heteroatoms. The Labute approximate surface area is 178 Å². The van der Waals surface area contributed by atoms with Crippen molar-refractivity contribution in [1.82, 2.24) is 4.90 Å². The molecule has 0 unspecified atom stereocenters. The van der Waals surface area contributed by atoms with Crippen molar-refractivity contribution in [2.45, 2.75) is 39.5 Å².